The molecule has 0 heterocycles. The minimum absolute atomic E-state index is 0.102. The first-order valence-corrected chi connectivity index (χ1v) is 12.2. The highest BCUT2D eigenvalue weighted by molar-refractivity contribution is 7.93. The molecule has 0 fully saturated rings. The molecule has 0 aromatic heterocycles. The van der Waals surface area contributed by atoms with E-state index in [0.717, 1.165) is 30.3 Å². The van der Waals surface area contributed by atoms with Gasteiger partial charge in [0.2, 0.25) is 0 Å². The molecule has 0 aliphatic rings. The first-order chi connectivity index (χ1) is 15.3. The number of alkyl halides is 3. The number of halogens is 3. The summed E-state index contributed by atoms with van der Waals surface area (Å²) in [5.41, 5.74) is -1.26. The van der Waals surface area contributed by atoms with E-state index in [9.17, 15) is 34.8 Å². The number of hydrogen-bond acceptors (Lipinski definition) is 5. The number of anilines is 2. The van der Waals surface area contributed by atoms with Crippen molar-refractivity contribution in [3.8, 4) is 0 Å². The largest absolute Gasteiger partial charge is 0.416 e. The van der Waals surface area contributed by atoms with Gasteiger partial charge in [0.25, 0.3) is 20.0 Å². The van der Waals surface area contributed by atoms with Crippen molar-refractivity contribution in [2.24, 2.45) is 0 Å². The average Bonchev–Trinajstić information content (AvgIpc) is 2.73. The van der Waals surface area contributed by atoms with Gasteiger partial charge in [0, 0.05) is 11.3 Å². The number of carbonyl (C=O) groups is 1. The van der Waals surface area contributed by atoms with Gasteiger partial charge in [-0.15, -0.1) is 0 Å². The Morgan fingerprint density at radius 3 is 1.76 bits per heavy atom. The Balaban J connectivity index is 1.87. The van der Waals surface area contributed by atoms with Crippen molar-refractivity contribution in [2.45, 2.75) is 22.9 Å². The SMILES string of the molecule is CC(=O)c1cccc(S(=O)(=O)Nc2cccc(S(=O)(=O)Nc3cccc(C(F)(F)F)c3)c2)c1. The molecule has 12 heteroatoms. The molecule has 174 valence electrons. The fraction of sp³-hybridized carbons (Fsp3) is 0.0952. The van der Waals surface area contributed by atoms with E-state index >= 15 is 0 Å². The summed E-state index contributed by atoms with van der Waals surface area (Å²) in [6.07, 6.45) is -4.65. The lowest BCUT2D eigenvalue weighted by Crippen LogP contribution is -2.16. The average molecular weight is 499 g/mol. The maximum absolute atomic E-state index is 12.9. The monoisotopic (exact) mass is 498 g/mol. The van der Waals surface area contributed by atoms with Crippen molar-refractivity contribution >= 4 is 37.2 Å². The highest BCUT2D eigenvalue weighted by atomic mass is 32.2. The van der Waals surface area contributed by atoms with Gasteiger partial charge in [-0.25, -0.2) is 16.8 Å². The number of rotatable bonds is 7. The molecular weight excluding hydrogens is 481 g/mol. The Morgan fingerprint density at radius 2 is 1.21 bits per heavy atom. The van der Waals surface area contributed by atoms with E-state index in [2.05, 4.69) is 4.72 Å². The Kier molecular flexibility index (Phi) is 6.52. The molecule has 0 spiro atoms. The second kappa shape index (κ2) is 8.87. The van der Waals surface area contributed by atoms with Gasteiger partial charge in [-0.2, -0.15) is 13.2 Å². The normalized spacial score (nSPS) is 12.2. The first kappa shape index (κ1) is 24.3. The molecule has 2 N–H and O–H groups in total. The number of nitrogens with one attached hydrogen (secondary N) is 2. The number of sulfonamides is 2. The Bertz CT molecular complexity index is 1420. The summed E-state index contributed by atoms with van der Waals surface area (Å²) in [5.74, 6) is -0.333. The second-order valence-corrected chi connectivity index (χ2v) is 10.3. The lowest BCUT2D eigenvalue weighted by atomic mass is 10.2. The first-order valence-electron chi connectivity index (χ1n) is 9.22. The van der Waals surface area contributed by atoms with E-state index < -0.39 is 31.8 Å². The van der Waals surface area contributed by atoms with Gasteiger partial charge in [-0.3, -0.25) is 14.2 Å². The molecule has 0 aliphatic carbocycles. The molecule has 0 aliphatic heterocycles. The molecule has 0 radical (unpaired) electrons. The van der Waals surface area contributed by atoms with E-state index in [1.165, 1.54) is 43.3 Å². The Labute approximate surface area is 188 Å². The van der Waals surface area contributed by atoms with Crippen LogP contribution < -0.4 is 9.44 Å². The van der Waals surface area contributed by atoms with E-state index in [4.69, 9.17) is 0 Å². The fourth-order valence-corrected chi connectivity index (χ4v) is 4.99. The minimum Gasteiger partial charge on any atom is -0.295 e. The second-order valence-electron chi connectivity index (χ2n) is 6.90. The van der Waals surface area contributed by atoms with E-state index in [0.29, 0.717) is 6.07 Å². The summed E-state index contributed by atoms with van der Waals surface area (Å²) in [5, 5.41) is 0. The van der Waals surface area contributed by atoms with Crippen molar-refractivity contribution in [3.05, 3.63) is 83.9 Å². The van der Waals surface area contributed by atoms with Crippen LogP contribution in [0.5, 0.6) is 0 Å². The summed E-state index contributed by atoms with van der Waals surface area (Å²) < 4.78 is 93.6. The maximum Gasteiger partial charge on any atom is 0.416 e. The topological polar surface area (TPSA) is 109 Å². The summed E-state index contributed by atoms with van der Waals surface area (Å²) in [4.78, 5) is 10.9. The summed E-state index contributed by atoms with van der Waals surface area (Å²) in [6.45, 7) is 1.28. The van der Waals surface area contributed by atoms with E-state index in [1.54, 1.807) is 0 Å². The number of carbonyl (C=O) groups excluding carboxylic acids is 1. The zero-order valence-electron chi connectivity index (χ0n) is 16.9. The molecule has 3 aromatic carbocycles. The summed E-state index contributed by atoms with van der Waals surface area (Å²) in [6, 6.07) is 13.7. The molecule has 0 bridgehead atoms. The van der Waals surface area contributed by atoms with Crippen molar-refractivity contribution in [1.29, 1.82) is 0 Å². The number of hydrogen-bond donors (Lipinski definition) is 2. The van der Waals surface area contributed by atoms with E-state index in [1.807, 2.05) is 4.72 Å². The minimum atomic E-state index is -4.65. The smallest absolute Gasteiger partial charge is 0.295 e. The number of ketones is 1. The van der Waals surface area contributed by atoms with E-state index in [-0.39, 0.29) is 32.5 Å². The van der Waals surface area contributed by atoms with Crippen molar-refractivity contribution < 1.29 is 34.8 Å². The number of benzene rings is 3. The van der Waals surface area contributed by atoms with Crippen LogP contribution in [0.2, 0.25) is 0 Å². The molecule has 3 rings (SSSR count). The Morgan fingerprint density at radius 1 is 0.727 bits per heavy atom. The predicted molar refractivity (Wildman–Crippen MR) is 116 cm³/mol. The summed E-state index contributed by atoms with van der Waals surface area (Å²) >= 11 is 0. The zero-order chi connectivity index (χ0) is 24.4. The van der Waals surface area contributed by atoms with Gasteiger partial charge in [-0.1, -0.05) is 24.3 Å². The fourth-order valence-electron chi connectivity index (χ4n) is 2.80. The lowest BCUT2D eigenvalue weighted by Gasteiger charge is -2.13. The highest BCUT2D eigenvalue weighted by Gasteiger charge is 2.30. The molecule has 0 amide bonds. The molecule has 0 atom stereocenters. The third kappa shape index (κ3) is 5.90. The van der Waals surface area contributed by atoms with Crippen molar-refractivity contribution in [3.63, 3.8) is 0 Å². The van der Waals surface area contributed by atoms with Gasteiger partial charge >= 0.3 is 6.18 Å². The predicted octanol–water partition coefficient (Wildman–Crippen LogP) is 4.51. The van der Waals surface area contributed by atoms with Crippen LogP contribution in [0.3, 0.4) is 0 Å². The summed E-state index contributed by atoms with van der Waals surface area (Å²) in [7, 11) is -8.49. The van der Waals surface area contributed by atoms with Crippen LogP contribution in [0, 0.1) is 0 Å². The lowest BCUT2D eigenvalue weighted by molar-refractivity contribution is -0.137. The van der Waals surface area contributed by atoms with Gasteiger partial charge in [-0.05, 0) is 55.5 Å². The van der Waals surface area contributed by atoms with Gasteiger partial charge in [0.05, 0.1) is 21.0 Å². The molecule has 0 unspecified atom stereocenters. The highest BCUT2D eigenvalue weighted by Crippen LogP contribution is 2.31. The van der Waals surface area contributed by atoms with Gasteiger partial charge in [0.1, 0.15) is 0 Å². The van der Waals surface area contributed by atoms with Crippen LogP contribution in [0.25, 0.3) is 0 Å². The molecule has 33 heavy (non-hydrogen) atoms. The van der Waals surface area contributed by atoms with Gasteiger partial charge < -0.3 is 0 Å². The van der Waals surface area contributed by atoms with Crippen LogP contribution in [0.15, 0.2) is 82.6 Å². The third-order valence-corrected chi connectivity index (χ3v) is 7.15. The third-order valence-electron chi connectivity index (χ3n) is 4.39. The quantitative estimate of drug-likeness (QED) is 0.466. The van der Waals surface area contributed by atoms with Gasteiger partial charge in [0.15, 0.2) is 5.78 Å². The molecule has 0 saturated carbocycles. The van der Waals surface area contributed by atoms with Crippen LogP contribution in [-0.4, -0.2) is 22.6 Å². The standard InChI is InChI=1S/C21H17F3N2O5S2/c1-14(27)15-5-2-9-19(11-15)32(28,29)26-18-8-4-10-20(13-18)33(30,31)25-17-7-3-6-16(12-17)21(22,23)24/h2-13,25-26H,1H3. The van der Waals surface area contributed by atoms with Crippen molar-refractivity contribution in [2.75, 3.05) is 9.44 Å². The molecule has 3 aromatic rings. The number of Topliss-reactive ketones (excluding diaryl/α,β-unsaturated/α-hetero) is 1. The van der Waals surface area contributed by atoms with Crippen LogP contribution in [0.4, 0.5) is 24.5 Å². The maximum atomic E-state index is 12.9. The van der Waals surface area contributed by atoms with Crippen LogP contribution in [-0.2, 0) is 26.2 Å². The van der Waals surface area contributed by atoms with Crippen LogP contribution >= 0.6 is 0 Å². The Hall–Kier alpha value is -3.38. The molecular formula is C21H17F3N2O5S2. The molecule has 0 saturated heterocycles. The van der Waals surface area contributed by atoms with Crippen molar-refractivity contribution in [1.82, 2.24) is 0 Å². The van der Waals surface area contributed by atoms with Crippen LogP contribution in [0.1, 0.15) is 22.8 Å². The molecule has 7 nitrogen and oxygen atoms in total. The zero-order valence-corrected chi connectivity index (χ0v) is 18.6.